The molecule has 20 heavy (non-hydrogen) atoms. The van der Waals surface area contributed by atoms with E-state index in [0.717, 1.165) is 29.7 Å². The maximum Gasteiger partial charge on any atom is 0.222 e. The largest absolute Gasteiger partial charge is 0.353 e. The van der Waals surface area contributed by atoms with Crippen molar-refractivity contribution in [1.82, 2.24) is 14.9 Å². The number of hydrogen-bond acceptors (Lipinski definition) is 2. The van der Waals surface area contributed by atoms with Crippen LogP contribution in [0.25, 0.3) is 11.0 Å². The fraction of sp³-hybridized carbons (Fsp3) is 0.429. The van der Waals surface area contributed by atoms with E-state index in [2.05, 4.69) is 10.3 Å². The zero-order chi connectivity index (χ0) is 14.1. The number of rotatable bonds is 5. The Labute approximate surface area is 127 Å². The van der Waals surface area contributed by atoms with E-state index in [1.165, 1.54) is 0 Å². The fourth-order valence-corrected chi connectivity index (χ4v) is 2.67. The lowest BCUT2D eigenvalue weighted by atomic mass is 10.3. The monoisotopic (exact) mass is 311 g/mol. The Bertz CT molecular complexity index is 649. The number of carbonyl (C=O) groups is 1. The Balaban J connectivity index is 1.81. The van der Waals surface area contributed by atoms with Crippen LogP contribution in [0.1, 0.15) is 25.1 Å². The highest BCUT2D eigenvalue weighted by molar-refractivity contribution is 6.35. The second-order valence-electron chi connectivity index (χ2n) is 5.01. The van der Waals surface area contributed by atoms with E-state index >= 15 is 0 Å². The molecule has 0 unspecified atom stereocenters. The van der Waals surface area contributed by atoms with Gasteiger partial charge in [-0.05, 0) is 25.0 Å². The summed E-state index contributed by atoms with van der Waals surface area (Å²) in [5.74, 6) is 1.13. The molecule has 1 aliphatic carbocycles. The molecule has 6 heteroatoms. The second-order valence-corrected chi connectivity index (χ2v) is 5.69. The molecule has 4 nitrogen and oxygen atoms in total. The van der Waals surface area contributed by atoms with Crippen molar-refractivity contribution in [1.29, 1.82) is 0 Å². The second kappa shape index (κ2) is 5.62. The predicted octanol–water partition coefficient (Wildman–Crippen LogP) is 3.10. The number of imidazole rings is 1. The van der Waals surface area contributed by atoms with Crippen LogP contribution >= 0.6 is 23.2 Å². The normalized spacial score (nSPS) is 14.7. The number of aryl methyl sites for hydroxylation is 1. The summed E-state index contributed by atoms with van der Waals surface area (Å²) in [6, 6.07) is 6.02. The van der Waals surface area contributed by atoms with Gasteiger partial charge in [-0.2, -0.15) is 0 Å². The molecule has 0 spiro atoms. The van der Waals surface area contributed by atoms with Crippen molar-refractivity contribution in [3.05, 3.63) is 29.0 Å². The zero-order valence-corrected chi connectivity index (χ0v) is 12.4. The molecular weight excluding hydrogens is 297 g/mol. The lowest BCUT2D eigenvalue weighted by molar-refractivity contribution is -0.121. The number of amides is 1. The molecule has 0 atom stereocenters. The summed E-state index contributed by atoms with van der Waals surface area (Å²) in [4.78, 5) is 16.2. The van der Waals surface area contributed by atoms with Gasteiger partial charge in [0.15, 0.2) is 0 Å². The van der Waals surface area contributed by atoms with Crippen LogP contribution in [-0.4, -0.2) is 21.5 Å². The van der Waals surface area contributed by atoms with Crippen LogP contribution in [0.2, 0.25) is 5.02 Å². The molecule has 1 aromatic heterocycles. The molecule has 106 valence electrons. The van der Waals surface area contributed by atoms with E-state index in [0.29, 0.717) is 29.9 Å². The maximum absolute atomic E-state index is 11.8. The Kier molecular flexibility index (Phi) is 3.85. The predicted molar refractivity (Wildman–Crippen MR) is 80.1 cm³/mol. The van der Waals surface area contributed by atoms with Gasteiger partial charge in [0.25, 0.3) is 0 Å². The lowest BCUT2D eigenvalue weighted by Gasteiger charge is -2.08. The highest BCUT2D eigenvalue weighted by Gasteiger charge is 2.23. The highest BCUT2D eigenvalue weighted by Crippen LogP contribution is 2.25. The number of nitrogens with zero attached hydrogens (tertiary/aromatic N) is 2. The van der Waals surface area contributed by atoms with Gasteiger partial charge in [0.05, 0.1) is 16.4 Å². The number of carbonyl (C=O) groups excluding carboxylic acids is 1. The van der Waals surface area contributed by atoms with Crippen molar-refractivity contribution in [3.8, 4) is 0 Å². The van der Waals surface area contributed by atoms with Crippen LogP contribution < -0.4 is 5.32 Å². The van der Waals surface area contributed by atoms with Crippen LogP contribution in [-0.2, 0) is 17.2 Å². The molecule has 0 saturated heterocycles. The van der Waals surface area contributed by atoms with Gasteiger partial charge < -0.3 is 9.88 Å². The van der Waals surface area contributed by atoms with Crippen molar-refractivity contribution in [2.24, 2.45) is 0 Å². The number of aromatic nitrogens is 2. The molecule has 1 aliphatic rings. The van der Waals surface area contributed by atoms with Gasteiger partial charge in [-0.1, -0.05) is 17.7 Å². The summed E-state index contributed by atoms with van der Waals surface area (Å²) in [5, 5.41) is 3.59. The Morgan fingerprint density at radius 1 is 1.45 bits per heavy atom. The number of nitrogens with one attached hydrogen (secondary N) is 1. The third-order valence-electron chi connectivity index (χ3n) is 3.43. The molecule has 0 bridgehead atoms. The van der Waals surface area contributed by atoms with Crippen molar-refractivity contribution < 1.29 is 4.79 Å². The van der Waals surface area contributed by atoms with E-state index in [4.69, 9.17) is 23.2 Å². The van der Waals surface area contributed by atoms with Crippen molar-refractivity contribution >= 4 is 40.1 Å². The first-order valence-corrected chi connectivity index (χ1v) is 7.59. The van der Waals surface area contributed by atoms with Crippen LogP contribution in [0.15, 0.2) is 18.2 Å². The summed E-state index contributed by atoms with van der Waals surface area (Å²) in [6.45, 7) is 0.567. The van der Waals surface area contributed by atoms with Crippen LogP contribution in [0.3, 0.4) is 0 Å². The van der Waals surface area contributed by atoms with Crippen molar-refractivity contribution in [2.75, 3.05) is 0 Å². The number of alkyl halides is 1. The molecule has 2 aromatic rings. The van der Waals surface area contributed by atoms with Crippen molar-refractivity contribution in [2.45, 2.75) is 37.7 Å². The average Bonchev–Trinajstić information content (AvgIpc) is 3.16. The molecule has 1 amide bonds. The minimum Gasteiger partial charge on any atom is -0.353 e. The van der Waals surface area contributed by atoms with Crippen LogP contribution in [0, 0.1) is 0 Å². The Hall–Kier alpha value is -1.26. The van der Waals surface area contributed by atoms with Crippen LogP contribution in [0.4, 0.5) is 0 Å². The van der Waals surface area contributed by atoms with Gasteiger partial charge in [0.2, 0.25) is 5.91 Å². The first-order chi connectivity index (χ1) is 9.69. The Morgan fingerprint density at radius 2 is 2.25 bits per heavy atom. The number of halogens is 2. The number of fused-ring (bicyclic) bond motifs is 1. The third kappa shape index (κ3) is 2.76. The molecule has 0 radical (unpaired) electrons. The van der Waals surface area contributed by atoms with E-state index in [-0.39, 0.29) is 5.91 Å². The summed E-state index contributed by atoms with van der Waals surface area (Å²) in [7, 11) is 0. The van der Waals surface area contributed by atoms with Gasteiger partial charge in [-0.25, -0.2) is 4.98 Å². The van der Waals surface area contributed by atoms with Crippen LogP contribution in [0.5, 0.6) is 0 Å². The van der Waals surface area contributed by atoms with Gasteiger partial charge >= 0.3 is 0 Å². The lowest BCUT2D eigenvalue weighted by Crippen LogP contribution is -2.26. The summed E-state index contributed by atoms with van der Waals surface area (Å²) >= 11 is 12.1. The van der Waals surface area contributed by atoms with E-state index in [1.807, 2.05) is 16.7 Å². The van der Waals surface area contributed by atoms with Gasteiger partial charge in [-0.15, -0.1) is 11.6 Å². The Morgan fingerprint density at radius 3 is 2.95 bits per heavy atom. The molecule has 1 heterocycles. The summed E-state index contributed by atoms with van der Waals surface area (Å²) in [5.41, 5.74) is 1.67. The zero-order valence-electron chi connectivity index (χ0n) is 10.9. The molecule has 3 rings (SSSR count). The summed E-state index contributed by atoms with van der Waals surface area (Å²) < 4.78 is 1.97. The van der Waals surface area contributed by atoms with E-state index in [9.17, 15) is 4.79 Å². The van der Waals surface area contributed by atoms with E-state index < -0.39 is 0 Å². The summed E-state index contributed by atoms with van der Waals surface area (Å²) in [6.07, 6.45) is 2.63. The molecule has 1 fully saturated rings. The molecule has 1 saturated carbocycles. The smallest absolute Gasteiger partial charge is 0.222 e. The molecule has 1 aromatic carbocycles. The number of benzene rings is 1. The number of hydrogen-bond donors (Lipinski definition) is 1. The standard InChI is InChI=1S/C14H15Cl2N3O/c15-8-12-18-14-10(16)2-1-3-11(14)19(12)7-6-13(20)17-9-4-5-9/h1-3,9H,4-8H2,(H,17,20). The van der Waals surface area contributed by atoms with Gasteiger partial charge in [0, 0.05) is 19.0 Å². The maximum atomic E-state index is 11.8. The van der Waals surface area contributed by atoms with Gasteiger partial charge in [-0.3, -0.25) is 4.79 Å². The van der Waals surface area contributed by atoms with E-state index in [1.54, 1.807) is 6.07 Å². The van der Waals surface area contributed by atoms with Crippen molar-refractivity contribution in [3.63, 3.8) is 0 Å². The third-order valence-corrected chi connectivity index (χ3v) is 3.98. The first kappa shape index (κ1) is 13.7. The molecular formula is C14H15Cl2N3O. The minimum atomic E-state index is 0.0805. The SMILES string of the molecule is O=C(CCn1c(CCl)nc2c(Cl)cccc21)NC1CC1. The quantitative estimate of drug-likeness (QED) is 0.862. The number of para-hydroxylation sites is 1. The van der Waals surface area contributed by atoms with Gasteiger partial charge in [0.1, 0.15) is 11.3 Å². The molecule has 0 aliphatic heterocycles. The first-order valence-electron chi connectivity index (χ1n) is 6.68. The highest BCUT2D eigenvalue weighted by atomic mass is 35.5. The molecule has 1 N–H and O–H groups in total. The average molecular weight is 312 g/mol. The topological polar surface area (TPSA) is 46.9 Å². The fourth-order valence-electron chi connectivity index (χ4n) is 2.25. The minimum absolute atomic E-state index is 0.0805.